The zero-order valence-electron chi connectivity index (χ0n) is 13.3. The molecule has 0 aliphatic rings. The number of rotatable bonds is 3. The Bertz CT molecular complexity index is 890. The molecule has 0 radical (unpaired) electrons. The zero-order valence-corrected chi connectivity index (χ0v) is 14.8. The second kappa shape index (κ2) is 6.06. The van der Waals surface area contributed by atoms with Crippen LogP contribution in [0.25, 0.3) is 5.03 Å². The maximum atomic E-state index is 14.5. The van der Waals surface area contributed by atoms with E-state index in [9.17, 15) is 41.9 Å². The summed E-state index contributed by atoms with van der Waals surface area (Å²) < 4.78 is 135. The molecule has 0 N–H and O–H groups in total. The number of hydrogen-bond donors (Lipinski definition) is 0. The third-order valence-electron chi connectivity index (χ3n) is 3.44. The standard InChI is InChI=1S/C16H9ClF10S/c17-14(10-4-2-1-3-5-10)9-28(24,25,26,27)13-7-11(15(18,19)20)6-12(8-13)16(21,22)23/h1-9H. The van der Waals surface area contributed by atoms with Crippen molar-refractivity contribution < 1.29 is 41.9 Å². The molecule has 0 bridgehead atoms. The van der Waals surface area contributed by atoms with Crippen molar-refractivity contribution >= 4 is 26.5 Å². The molecule has 12 heteroatoms. The van der Waals surface area contributed by atoms with E-state index in [1.165, 1.54) is 18.2 Å². The van der Waals surface area contributed by atoms with Gasteiger partial charge in [-0.15, -0.1) is 15.5 Å². The monoisotopic (exact) mass is 458 g/mol. The third kappa shape index (κ3) is 4.93. The van der Waals surface area contributed by atoms with Crippen molar-refractivity contribution in [1.82, 2.24) is 0 Å². The summed E-state index contributed by atoms with van der Waals surface area (Å²) in [6.07, 6.45) is -11.1. The van der Waals surface area contributed by atoms with Gasteiger partial charge in [-0.2, -0.15) is 26.3 Å². The van der Waals surface area contributed by atoms with E-state index in [0.29, 0.717) is 0 Å². The van der Waals surface area contributed by atoms with Crippen LogP contribution in [-0.4, -0.2) is 0 Å². The summed E-state index contributed by atoms with van der Waals surface area (Å²) in [4.78, 5) is -2.71. The van der Waals surface area contributed by atoms with E-state index >= 15 is 0 Å². The summed E-state index contributed by atoms with van der Waals surface area (Å²) in [5.41, 5.74) is -4.92. The van der Waals surface area contributed by atoms with Gasteiger partial charge in [0.25, 0.3) is 0 Å². The molecule has 0 nitrogen and oxygen atoms in total. The van der Waals surface area contributed by atoms with Gasteiger partial charge in [-0.1, -0.05) is 41.9 Å². The summed E-state index contributed by atoms with van der Waals surface area (Å²) >= 11 is 5.47. The smallest absolute Gasteiger partial charge is 0.166 e. The Morgan fingerprint density at radius 3 is 1.57 bits per heavy atom. The highest BCUT2D eigenvalue weighted by molar-refractivity contribution is 8.52. The van der Waals surface area contributed by atoms with Gasteiger partial charge in [0.05, 0.1) is 26.5 Å². The Labute approximate surface area is 156 Å². The molecule has 0 unspecified atom stereocenters. The highest BCUT2D eigenvalue weighted by Gasteiger charge is 2.64. The maximum absolute atomic E-state index is 14.5. The lowest BCUT2D eigenvalue weighted by molar-refractivity contribution is -0.143. The van der Waals surface area contributed by atoms with E-state index in [4.69, 9.17) is 11.6 Å². The first-order valence-corrected chi connectivity index (χ1v) is 9.55. The minimum Gasteiger partial charge on any atom is -0.166 e. The fourth-order valence-corrected chi connectivity index (χ4v) is 4.21. The highest BCUT2D eigenvalue weighted by Crippen LogP contribution is 3.02. The second-order valence-electron chi connectivity index (χ2n) is 5.71. The molecule has 0 aromatic heterocycles. The Kier molecular flexibility index (Phi) is 4.85. The molecule has 0 amide bonds. The van der Waals surface area contributed by atoms with E-state index in [2.05, 4.69) is 0 Å². The SMILES string of the molecule is FC(F)(F)c1cc(C(F)(F)F)cc(S(F)(F)(F)(F)C=C(Cl)c2ccccc2)c1. The topological polar surface area (TPSA) is 0 Å². The number of alkyl halides is 6. The molecule has 0 saturated carbocycles. The number of benzene rings is 2. The molecule has 28 heavy (non-hydrogen) atoms. The van der Waals surface area contributed by atoms with Crippen LogP contribution in [0.3, 0.4) is 0 Å². The van der Waals surface area contributed by atoms with Crippen molar-refractivity contribution in [2.24, 2.45) is 0 Å². The maximum Gasteiger partial charge on any atom is 0.416 e. The van der Waals surface area contributed by atoms with Crippen LogP contribution in [0.1, 0.15) is 16.7 Å². The summed E-state index contributed by atoms with van der Waals surface area (Å²) in [5.74, 6) is 0. The van der Waals surface area contributed by atoms with Gasteiger partial charge in [0.15, 0.2) is 0 Å². The third-order valence-corrected chi connectivity index (χ3v) is 5.83. The van der Waals surface area contributed by atoms with Crippen molar-refractivity contribution in [3.63, 3.8) is 0 Å². The Morgan fingerprint density at radius 1 is 0.750 bits per heavy atom. The molecule has 0 atom stereocenters. The van der Waals surface area contributed by atoms with Crippen LogP contribution in [0.4, 0.5) is 41.9 Å². The minimum absolute atomic E-state index is 0.331. The molecule has 0 heterocycles. The summed E-state index contributed by atoms with van der Waals surface area (Å²) in [6, 6.07) is 4.08. The normalized spacial score (nSPS) is 16.5. The van der Waals surface area contributed by atoms with Crippen LogP contribution in [-0.2, 0) is 12.4 Å². The second-order valence-corrected chi connectivity index (χ2v) is 9.09. The zero-order chi connectivity index (χ0) is 21.7. The van der Waals surface area contributed by atoms with Gasteiger partial charge in [-0.3, -0.25) is 0 Å². The lowest BCUT2D eigenvalue weighted by Crippen LogP contribution is -2.17. The van der Waals surface area contributed by atoms with Crippen LogP contribution in [0.2, 0.25) is 0 Å². The van der Waals surface area contributed by atoms with Crippen molar-refractivity contribution in [1.29, 1.82) is 0 Å². The average molecular weight is 459 g/mol. The number of halogens is 11. The molecule has 0 aliphatic carbocycles. The van der Waals surface area contributed by atoms with Crippen LogP contribution in [0.15, 0.2) is 58.8 Å². The van der Waals surface area contributed by atoms with Gasteiger partial charge in [-0.25, -0.2) is 0 Å². The minimum atomic E-state index is -9.79. The van der Waals surface area contributed by atoms with Gasteiger partial charge in [0.2, 0.25) is 9.84 Å². The molecule has 0 aliphatic heterocycles. The molecular weight excluding hydrogens is 450 g/mol. The lowest BCUT2D eigenvalue weighted by atomic mass is 10.1. The first-order chi connectivity index (χ1) is 12.3. The van der Waals surface area contributed by atoms with E-state index in [-0.39, 0.29) is 5.56 Å². The predicted octanol–water partition coefficient (Wildman–Crippen LogP) is 8.73. The van der Waals surface area contributed by atoms with E-state index in [0.717, 1.165) is 12.1 Å². The average Bonchev–Trinajstić information content (AvgIpc) is 2.52. The van der Waals surface area contributed by atoms with E-state index in [1.807, 2.05) is 0 Å². The lowest BCUT2D eigenvalue weighted by Gasteiger charge is -2.47. The fourth-order valence-electron chi connectivity index (χ4n) is 2.11. The van der Waals surface area contributed by atoms with E-state index in [1.54, 1.807) is 0 Å². The Balaban J connectivity index is 2.81. The Morgan fingerprint density at radius 2 is 1.18 bits per heavy atom. The van der Waals surface area contributed by atoms with Crippen LogP contribution in [0, 0.1) is 0 Å². The van der Waals surface area contributed by atoms with Gasteiger partial charge in [-0.05, 0) is 23.8 Å². The van der Waals surface area contributed by atoms with Crippen LogP contribution >= 0.6 is 21.4 Å². The van der Waals surface area contributed by atoms with Crippen LogP contribution in [0.5, 0.6) is 0 Å². The fraction of sp³-hybridized carbons (Fsp3) is 0.125. The number of hydrogen-bond acceptors (Lipinski definition) is 0. The van der Waals surface area contributed by atoms with Crippen molar-refractivity contribution in [3.8, 4) is 0 Å². The van der Waals surface area contributed by atoms with Crippen molar-refractivity contribution in [2.45, 2.75) is 17.2 Å². The summed E-state index contributed by atoms with van der Waals surface area (Å²) in [7, 11) is -9.79. The van der Waals surface area contributed by atoms with Gasteiger partial charge in [0.1, 0.15) is 0 Å². The van der Waals surface area contributed by atoms with E-state index < -0.39 is 66.9 Å². The predicted molar refractivity (Wildman–Crippen MR) is 87.0 cm³/mol. The highest BCUT2D eigenvalue weighted by atomic mass is 35.5. The molecule has 2 rings (SSSR count). The molecular formula is C16H9ClF10S. The van der Waals surface area contributed by atoms with Crippen molar-refractivity contribution in [3.05, 3.63) is 70.6 Å². The van der Waals surface area contributed by atoms with Crippen molar-refractivity contribution in [2.75, 3.05) is 0 Å². The molecule has 2 aromatic carbocycles. The van der Waals surface area contributed by atoms with Crippen LogP contribution < -0.4 is 0 Å². The first kappa shape index (κ1) is 22.4. The first-order valence-electron chi connectivity index (χ1n) is 7.06. The molecule has 0 saturated heterocycles. The largest absolute Gasteiger partial charge is 0.416 e. The quantitative estimate of drug-likeness (QED) is 0.403. The molecule has 2 aromatic rings. The Hall–Kier alpha value is -1.88. The molecule has 0 fully saturated rings. The van der Waals surface area contributed by atoms with Gasteiger partial charge in [0, 0.05) is 0 Å². The van der Waals surface area contributed by atoms with Gasteiger partial charge >= 0.3 is 12.4 Å². The molecule has 0 spiro atoms. The molecule has 156 valence electrons. The summed E-state index contributed by atoms with van der Waals surface area (Å²) in [6.45, 7) is 0. The van der Waals surface area contributed by atoms with Gasteiger partial charge < -0.3 is 0 Å². The summed E-state index contributed by atoms with van der Waals surface area (Å²) in [5, 5.41) is -2.30.